The van der Waals surface area contributed by atoms with E-state index in [1.165, 1.54) is 4.90 Å². The Bertz CT molecular complexity index is 572. The van der Waals surface area contributed by atoms with Crippen molar-refractivity contribution in [1.82, 2.24) is 0 Å². The highest BCUT2D eigenvalue weighted by molar-refractivity contribution is 9.08. The van der Waals surface area contributed by atoms with Gasteiger partial charge in [-0.05, 0) is 38.0 Å². The Morgan fingerprint density at radius 2 is 2.25 bits per heavy atom. The lowest BCUT2D eigenvalue weighted by Gasteiger charge is -2.26. The second-order valence-electron chi connectivity index (χ2n) is 5.80. The molecule has 0 N–H and O–H groups in total. The molecule has 106 valence electrons. The molecule has 2 rings (SSSR count). The molecule has 5 heteroatoms. The average molecular weight is 337 g/mol. The molecule has 1 aromatic carbocycles. The Hall–Kier alpha value is -1.54. The Morgan fingerprint density at radius 3 is 2.80 bits per heavy atom. The molecule has 0 spiro atoms. The number of ether oxygens (including phenoxy) is 1. The highest BCUT2D eigenvalue weighted by Crippen LogP contribution is 2.34. The molecule has 0 aromatic heterocycles. The molecule has 1 aromatic rings. The van der Waals surface area contributed by atoms with Crippen molar-refractivity contribution in [2.45, 2.75) is 44.2 Å². The van der Waals surface area contributed by atoms with Crippen LogP contribution in [0.5, 0.6) is 0 Å². The lowest BCUT2D eigenvalue weighted by molar-refractivity contribution is 0.0576. The molecule has 0 fully saturated rings. The number of anilines is 1. The van der Waals surface area contributed by atoms with Crippen LogP contribution in [-0.2, 0) is 16.5 Å². The van der Waals surface area contributed by atoms with E-state index in [1.807, 2.05) is 39.0 Å². The molecule has 1 aliphatic rings. The topological polar surface area (TPSA) is 53.3 Å². The first-order valence-electron chi connectivity index (χ1n) is 6.45. The second-order valence-corrected chi connectivity index (χ2v) is 6.36. The van der Waals surface area contributed by atoms with Crippen molar-refractivity contribution in [3.8, 4) is 6.07 Å². The third-order valence-electron chi connectivity index (χ3n) is 3.02. The monoisotopic (exact) mass is 336 g/mol. The molecule has 1 atom stereocenters. The largest absolute Gasteiger partial charge is 0.443 e. The fourth-order valence-electron chi connectivity index (χ4n) is 2.23. The Labute approximate surface area is 127 Å². The van der Waals surface area contributed by atoms with Gasteiger partial charge in [0.2, 0.25) is 0 Å². The summed E-state index contributed by atoms with van der Waals surface area (Å²) in [6.07, 6.45) is 0.0840. The third kappa shape index (κ3) is 2.96. The van der Waals surface area contributed by atoms with Crippen molar-refractivity contribution in [3.63, 3.8) is 0 Å². The molecule has 20 heavy (non-hydrogen) atoms. The molecular formula is C15H17BrN2O2. The van der Waals surface area contributed by atoms with Crippen LogP contribution in [0.3, 0.4) is 0 Å². The van der Waals surface area contributed by atoms with E-state index in [1.54, 1.807) is 0 Å². The van der Waals surface area contributed by atoms with E-state index in [0.29, 0.717) is 6.42 Å². The minimum atomic E-state index is -0.574. The minimum Gasteiger partial charge on any atom is -0.443 e. The van der Waals surface area contributed by atoms with Gasteiger partial charge < -0.3 is 4.74 Å². The third-order valence-corrected chi connectivity index (χ3v) is 3.67. The average Bonchev–Trinajstić information content (AvgIpc) is 2.73. The van der Waals surface area contributed by atoms with Gasteiger partial charge in [0, 0.05) is 11.8 Å². The van der Waals surface area contributed by atoms with Crippen molar-refractivity contribution < 1.29 is 9.53 Å². The first-order valence-corrected chi connectivity index (χ1v) is 7.57. The van der Waals surface area contributed by atoms with Gasteiger partial charge >= 0.3 is 6.09 Å². The molecule has 1 amide bonds. The van der Waals surface area contributed by atoms with Gasteiger partial charge in [-0.15, -0.1) is 0 Å². The lowest BCUT2D eigenvalue weighted by atomic mass is 10.1. The van der Waals surface area contributed by atoms with E-state index in [9.17, 15) is 10.1 Å². The van der Waals surface area contributed by atoms with Crippen molar-refractivity contribution in [3.05, 3.63) is 29.3 Å². The van der Waals surface area contributed by atoms with Crippen molar-refractivity contribution >= 4 is 27.7 Å². The zero-order valence-electron chi connectivity index (χ0n) is 11.8. The fraction of sp³-hybridized carbons (Fsp3) is 0.467. The number of benzene rings is 1. The summed E-state index contributed by atoms with van der Waals surface area (Å²) in [7, 11) is 0. The minimum absolute atomic E-state index is 0.464. The van der Waals surface area contributed by atoms with Gasteiger partial charge in [-0.25, -0.2) is 4.79 Å². The van der Waals surface area contributed by atoms with E-state index in [-0.39, 0.29) is 0 Å². The van der Waals surface area contributed by atoms with Crippen LogP contribution in [0.2, 0.25) is 0 Å². The maximum Gasteiger partial charge on any atom is 0.415 e. The van der Waals surface area contributed by atoms with E-state index in [0.717, 1.165) is 22.1 Å². The molecule has 0 saturated carbocycles. The van der Waals surface area contributed by atoms with Crippen LogP contribution < -0.4 is 4.90 Å². The summed E-state index contributed by atoms with van der Waals surface area (Å²) >= 11 is 3.41. The van der Waals surface area contributed by atoms with Gasteiger partial charge in [0.05, 0.1) is 11.8 Å². The summed E-state index contributed by atoms with van der Waals surface area (Å²) in [5.41, 5.74) is 2.34. The zero-order valence-corrected chi connectivity index (χ0v) is 13.4. The predicted octanol–water partition coefficient (Wildman–Crippen LogP) is 3.77. The zero-order chi connectivity index (χ0) is 14.9. The number of rotatable bonds is 1. The van der Waals surface area contributed by atoms with E-state index < -0.39 is 17.7 Å². The maximum absolute atomic E-state index is 12.3. The predicted molar refractivity (Wildman–Crippen MR) is 80.9 cm³/mol. The Morgan fingerprint density at radius 1 is 1.55 bits per heavy atom. The van der Waals surface area contributed by atoms with Gasteiger partial charge in [-0.2, -0.15) is 5.26 Å². The van der Waals surface area contributed by atoms with Crippen molar-refractivity contribution in [1.29, 1.82) is 5.26 Å². The molecule has 1 unspecified atom stereocenters. The number of fused-ring (bicyclic) bond motifs is 1. The number of alkyl halides is 1. The SMILES string of the molecule is CC(C)(C)OC(=O)N1c2ccc(CBr)cc2CC1C#N. The second kappa shape index (κ2) is 5.45. The summed E-state index contributed by atoms with van der Waals surface area (Å²) in [6.45, 7) is 5.45. The van der Waals surface area contributed by atoms with Crippen LogP contribution in [0.15, 0.2) is 18.2 Å². The normalized spacial score (nSPS) is 17.6. The Balaban J connectivity index is 2.34. The maximum atomic E-state index is 12.3. The number of carbonyl (C=O) groups excluding carboxylic acids is 1. The van der Waals surface area contributed by atoms with Crippen LogP contribution >= 0.6 is 15.9 Å². The van der Waals surface area contributed by atoms with Crippen LogP contribution in [0.4, 0.5) is 10.5 Å². The van der Waals surface area contributed by atoms with Gasteiger partial charge in [-0.1, -0.05) is 28.1 Å². The number of amides is 1. The number of hydrogen-bond donors (Lipinski definition) is 0. The lowest BCUT2D eigenvalue weighted by Crippen LogP contribution is -2.40. The Kier molecular flexibility index (Phi) is 4.05. The molecule has 0 saturated heterocycles. The van der Waals surface area contributed by atoms with E-state index >= 15 is 0 Å². The van der Waals surface area contributed by atoms with E-state index in [2.05, 4.69) is 22.0 Å². The summed E-state index contributed by atoms with van der Waals surface area (Å²) in [5.74, 6) is 0. The first-order chi connectivity index (χ1) is 9.35. The van der Waals surface area contributed by atoms with Crippen LogP contribution in [-0.4, -0.2) is 17.7 Å². The smallest absolute Gasteiger partial charge is 0.415 e. The summed E-state index contributed by atoms with van der Waals surface area (Å²) in [6, 6.07) is 7.54. The summed E-state index contributed by atoms with van der Waals surface area (Å²) < 4.78 is 5.39. The number of nitrogens with zero attached hydrogens (tertiary/aromatic N) is 2. The fourth-order valence-corrected chi connectivity index (χ4v) is 2.58. The quantitative estimate of drug-likeness (QED) is 0.733. The number of nitriles is 1. The highest BCUT2D eigenvalue weighted by Gasteiger charge is 2.36. The summed E-state index contributed by atoms with van der Waals surface area (Å²) in [4.78, 5) is 13.7. The molecule has 0 aliphatic carbocycles. The first kappa shape index (κ1) is 14.9. The molecule has 4 nitrogen and oxygen atoms in total. The van der Waals surface area contributed by atoms with Gasteiger partial charge in [0.25, 0.3) is 0 Å². The summed E-state index contributed by atoms with van der Waals surface area (Å²) in [5, 5.41) is 10.0. The van der Waals surface area contributed by atoms with Gasteiger partial charge in [0.15, 0.2) is 0 Å². The van der Waals surface area contributed by atoms with E-state index in [4.69, 9.17) is 4.74 Å². The molecule has 1 aliphatic heterocycles. The van der Waals surface area contributed by atoms with Crippen LogP contribution in [0.25, 0.3) is 0 Å². The van der Waals surface area contributed by atoms with Crippen LogP contribution in [0, 0.1) is 11.3 Å². The number of hydrogen-bond acceptors (Lipinski definition) is 3. The standard InChI is InChI=1S/C15H17BrN2O2/c1-15(2,3)20-14(19)18-12(9-17)7-11-6-10(8-16)4-5-13(11)18/h4-6,12H,7-8H2,1-3H3. The molecule has 0 bridgehead atoms. The van der Waals surface area contributed by atoms with Crippen molar-refractivity contribution in [2.75, 3.05) is 4.90 Å². The number of halogens is 1. The van der Waals surface area contributed by atoms with Gasteiger partial charge in [-0.3, -0.25) is 4.90 Å². The highest BCUT2D eigenvalue weighted by atomic mass is 79.9. The molecule has 0 radical (unpaired) electrons. The molecule has 1 heterocycles. The van der Waals surface area contributed by atoms with Crippen molar-refractivity contribution in [2.24, 2.45) is 0 Å². The number of carbonyl (C=O) groups is 1. The van der Waals surface area contributed by atoms with Gasteiger partial charge in [0.1, 0.15) is 11.6 Å². The molecular weight excluding hydrogens is 320 g/mol. The van der Waals surface area contributed by atoms with Crippen LogP contribution in [0.1, 0.15) is 31.9 Å².